The summed E-state index contributed by atoms with van der Waals surface area (Å²) in [5.41, 5.74) is 0. The number of hydrogen-bond acceptors (Lipinski definition) is 1. The van der Waals surface area contributed by atoms with E-state index in [4.69, 9.17) is 4.43 Å². The molecule has 0 aromatic heterocycles. The maximum atomic E-state index is 5.70. The molecule has 0 amide bonds. The van der Waals surface area contributed by atoms with Crippen LogP contribution in [0.4, 0.5) is 0 Å². The van der Waals surface area contributed by atoms with Crippen molar-refractivity contribution in [3.63, 3.8) is 0 Å². The van der Waals surface area contributed by atoms with Crippen LogP contribution >= 0.6 is 0 Å². The van der Waals surface area contributed by atoms with Crippen LogP contribution < -0.4 is 0 Å². The van der Waals surface area contributed by atoms with Crippen molar-refractivity contribution in [3.8, 4) is 0 Å². The summed E-state index contributed by atoms with van der Waals surface area (Å²) >= 11 is 0. The Hall–Kier alpha value is 0.177. The van der Waals surface area contributed by atoms with Crippen molar-refractivity contribution in [2.75, 3.05) is 0 Å². The molecule has 1 saturated heterocycles. The summed E-state index contributed by atoms with van der Waals surface area (Å²) in [5.74, 6) is 0.926. The molecule has 0 aromatic rings. The van der Waals surface area contributed by atoms with Gasteiger partial charge in [0, 0.05) is 6.10 Å². The van der Waals surface area contributed by atoms with Gasteiger partial charge in [-0.15, -0.1) is 0 Å². The Morgan fingerprint density at radius 1 is 1.44 bits per heavy atom. The van der Waals surface area contributed by atoms with Gasteiger partial charge in [0.15, 0.2) is 9.04 Å². The molecule has 1 heterocycles. The first-order valence-corrected chi connectivity index (χ1v) is 6.28. The molecule has 1 rings (SSSR count). The molecule has 1 aliphatic heterocycles. The lowest BCUT2D eigenvalue weighted by molar-refractivity contribution is 0.167. The molecule has 0 aliphatic carbocycles. The Labute approximate surface area is 59.1 Å². The lowest BCUT2D eigenvalue weighted by Gasteiger charge is -2.29. The number of hydrogen-bond donors (Lipinski definition) is 0. The lowest BCUT2D eigenvalue weighted by atomic mass is 10.1. The average Bonchev–Trinajstić information content (AvgIpc) is 1.59. The molecule has 0 aromatic carbocycles. The molecule has 2 heteroatoms. The zero-order valence-corrected chi connectivity index (χ0v) is 7.71. The van der Waals surface area contributed by atoms with Gasteiger partial charge in [-0.25, -0.2) is 0 Å². The summed E-state index contributed by atoms with van der Waals surface area (Å²) in [6.07, 6.45) is 1.83. The molecule has 9 heavy (non-hydrogen) atoms. The highest BCUT2D eigenvalue weighted by Crippen LogP contribution is 2.22. The Morgan fingerprint density at radius 3 is 2.56 bits per heavy atom. The van der Waals surface area contributed by atoms with Crippen molar-refractivity contribution >= 4 is 9.04 Å². The van der Waals surface area contributed by atoms with E-state index in [-0.39, 0.29) is 0 Å². The van der Waals surface area contributed by atoms with E-state index < -0.39 is 9.04 Å². The predicted octanol–water partition coefficient (Wildman–Crippen LogP) is 1.78. The van der Waals surface area contributed by atoms with Crippen molar-refractivity contribution in [2.24, 2.45) is 5.92 Å². The van der Waals surface area contributed by atoms with Gasteiger partial charge >= 0.3 is 0 Å². The third kappa shape index (κ3) is 2.10. The molecule has 54 valence electrons. The van der Waals surface area contributed by atoms with Crippen molar-refractivity contribution in [2.45, 2.75) is 39.0 Å². The van der Waals surface area contributed by atoms with Crippen LogP contribution in [0.15, 0.2) is 0 Å². The standard InChI is InChI=1S/C7H16OSi/c1-6-4-7(2)8-9(3)5-6/h6-7,9H,4-5H2,1-3H3. The maximum Gasteiger partial charge on any atom is 0.174 e. The van der Waals surface area contributed by atoms with E-state index in [1.807, 2.05) is 0 Å². The van der Waals surface area contributed by atoms with Crippen molar-refractivity contribution < 1.29 is 4.43 Å². The van der Waals surface area contributed by atoms with Gasteiger partial charge in [-0.05, 0) is 31.9 Å². The van der Waals surface area contributed by atoms with Crippen molar-refractivity contribution in [1.82, 2.24) is 0 Å². The van der Waals surface area contributed by atoms with Crippen LogP contribution in [-0.2, 0) is 4.43 Å². The molecular weight excluding hydrogens is 128 g/mol. The monoisotopic (exact) mass is 144 g/mol. The third-order valence-corrected chi connectivity index (χ3v) is 4.33. The molecule has 0 N–H and O–H groups in total. The maximum absolute atomic E-state index is 5.70. The first kappa shape index (κ1) is 7.29. The fourth-order valence-electron chi connectivity index (χ4n) is 1.74. The molecule has 1 nitrogen and oxygen atoms in total. The Balaban J connectivity index is 2.34. The van der Waals surface area contributed by atoms with Gasteiger partial charge in [0.2, 0.25) is 0 Å². The second-order valence-corrected chi connectivity index (χ2v) is 5.70. The quantitative estimate of drug-likeness (QED) is 0.471. The molecule has 0 bridgehead atoms. The molecule has 1 aliphatic rings. The summed E-state index contributed by atoms with van der Waals surface area (Å²) in [7, 11) is -0.710. The molecule has 1 fully saturated rings. The molecule has 3 unspecified atom stereocenters. The van der Waals surface area contributed by atoms with Crippen LogP contribution in [0.2, 0.25) is 12.6 Å². The van der Waals surface area contributed by atoms with E-state index in [2.05, 4.69) is 20.4 Å². The molecule has 0 spiro atoms. The van der Waals surface area contributed by atoms with Crippen LogP contribution in [0.5, 0.6) is 0 Å². The zero-order valence-electron chi connectivity index (χ0n) is 6.55. The highest BCUT2D eigenvalue weighted by Gasteiger charge is 2.21. The van der Waals surface area contributed by atoms with Crippen LogP contribution in [0.25, 0.3) is 0 Å². The van der Waals surface area contributed by atoms with Crippen molar-refractivity contribution in [1.29, 1.82) is 0 Å². The van der Waals surface area contributed by atoms with E-state index in [1.165, 1.54) is 12.5 Å². The minimum absolute atomic E-state index is 0.551. The van der Waals surface area contributed by atoms with Gasteiger partial charge in [0.05, 0.1) is 0 Å². The second-order valence-electron chi connectivity index (χ2n) is 3.33. The van der Waals surface area contributed by atoms with Crippen LogP contribution in [0.3, 0.4) is 0 Å². The number of rotatable bonds is 0. The van der Waals surface area contributed by atoms with Gasteiger partial charge in [0.25, 0.3) is 0 Å². The summed E-state index contributed by atoms with van der Waals surface area (Å²) in [5, 5.41) is 0. The highest BCUT2D eigenvalue weighted by atomic mass is 28.3. The lowest BCUT2D eigenvalue weighted by Crippen LogP contribution is -2.30. The van der Waals surface area contributed by atoms with E-state index >= 15 is 0 Å². The summed E-state index contributed by atoms with van der Waals surface area (Å²) in [6.45, 7) is 6.83. The predicted molar refractivity (Wildman–Crippen MR) is 42.1 cm³/mol. The highest BCUT2D eigenvalue weighted by molar-refractivity contribution is 6.50. The van der Waals surface area contributed by atoms with E-state index in [0.29, 0.717) is 6.10 Å². The van der Waals surface area contributed by atoms with Gasteiger partial charge in [-0.3, -0.25) is 0 Å². The van der Waals surface area contributed by atoms with Crippen molar-refractivity contribution in [3.05, 3.63) is 0 Å². The Kier molecular flexibility index (Phi) is 2.30. The topological polar surface area (TPSA) is 9.23 Å². The van der Waals surface area contributed by atoms with E-state index in [0.717, 1.165) is 5.92 Å². The molecule has 0 radical (unpaired) electrons. The van der Waals surface area contributed by atoms with Gasteiger partial charge in [0.1, 0.15) is 0 Å². The smallest absolute Gasteiger partial charge is 0.174 e. The normalized spacial score (nSPS) is 45.0. The molecule has 3 atom stereocenters. The third-order valence-electron chi connectivity index (χ3n) is 1.93. The fraction of sp³-hybridized carbons (Fsp3) is 1.00. The second kappa shape index (κ2) is 2.84. The zero-order chi connectivity index (χ0) is 6.85. The first-order chi connectivity index (χ1) is 4.18. The SMILES string of the molecule is CC1CC(C)O[SiH](C)C1. The largest absolute Gasteiger partial charge is 0.418 e. The molecular formula is C7H16OSi. The van der Waals surface area contributed by atoms with Crippen LogP contribution in [0, 0.1) is 5.92 Å². The first-order valence-electron chi connectivity index (χ1n) is 3.84. The van der Waals surface area contributed by atoms with Gasteiger partial charge < -0.3 is 4.43 Å². The van der Waals surface area contributed by atoms with Gasteiger partial charge in [-0.2, -0.15) is 0 Å². The Morgan fingerprint density at radius 2 is 2.11 bits per heavy atom. The summed E-state index contributed by atoms with van der Waals surface area (Å²) in [4.78, 5) is 0. The van der Waals surface area contributed by atoms with Gasteiger partial charge in [-0.1, -0.05) is 6.92 Å². The average molecular weight is 144 g/mol. The Bertz CT molecular complexity index is 69.9. The molecule has 0 saturated carbocycles. The van der Waals surface area contributed by atoms with Crippen LogP contribution in [-0.4, -0.2) is 15.1 Å². The van der Waals surface area contributed by atoms with Crippen LogP contribution in [0.1, 0.15) is 20.3 Å². The summed E-state index contributed by atoms with van der Waals surface area (Å²) in [6, 6.07) is 1.38. The minimum Gasteiger partial charge on any atom is -0.418 e. The summed E-state index contributed by atoms with van der Waals surface area (Å²) < 4.78 is 5.70. The fourth-order valence-corrected chi connectivity index (χ4v) is 4.08. The van der Waals surface area contributed by atoms with E-state index in [9.17, 15) is 0 Å². The minimum atomic E-state index is -0.710. The van der Waals surface area contributed by atoms with E-state index in [1.54, 1.807) is 0 Å².